The van der Waals surface area contributed by atoms with Crippen LogP contribution in [0.15, 0.2) is 78.0 Å². The molecule has 184 valence electrons. The number of para-hydroxylation sites is 1. The summed E-state index contributed by atoms with van der Waals surface area (Å²) >= 11 is 7.59. The normalized spacial score (nSPS) is 11.7. The summed E-state index contributed by atoms with van der Waals surface area (Å²) < 4.78 is 1.94. The number of ketones is 1. The molecule has 0 saturated carbocycles. The van der Waals surface area contributed by atoms with Crippen LogP contribution in [0.2, 0.25) is 5.02 Å². The number of amides is 1. The van der Waals surface area contributed by atoms with E-state index < -0.39 is 5.25 Å². The Kier molecular flexibility index (Phi) is 8.07. The van der Waals surface area contributed by atoms with Crippen molar-refractivity contribution in [3.05, 3.63) is 94.8 Å². The fourth-order valence-corrected chi connectivity index (χ4v) is 4.52. The molecule has 1 heterocycles. The SMILES string of the molecule is CC(=O)c1ccc(NC(=O)C(C)Sc2nnc(CNc3ccc(C)c(Cl)c3)n2-c2ccccc2)cc1. The van der Waals surface area contributed by atoms with E-state index in [1.165, 1.54) is 18.7 Å². The number of aromatic nitrogens is 3. The monoisotopic (exact) mass is 519 g/mol. The van der Waals surface area contributed by atoms with Gasteiger partial charge in [-0.1, -0.05) is 47.6 Å². The molecule has 0 saturated heterocycles. The maximum Gasteiger partial charge on any atom is 0.237 e. The predicted octanol–water partition coefficient (Wildman–Crippen LogP) is 6.16. The third-order valence-corrected chi connectivity index (χ3v) is 7.00. The molecular weight excluding hydrogens is 494 g/mol. The summed E-state index contributed by atoms with van der Waals surface area (Å²) in [6, 6.07) is 22.4. The Morgan fingerprint density at radius 3 is 2.36 bits per heavy atom. The summed E-state index contributed by atoms with van der Waals surface area (Å²) in [7, 11) is 0. The van der Waals surface area contributed by atoms with E-state index in [-0.39, 0.29) is 11.7 Å². The van der Waals surface area contributed by atoms with Crippen molar-refractivity contribution in [3.63, 3.8) is 0 Å². The molecule has 1 atom stereocenters. The maximum absolute atomic E-state index is 12.9. The second kappa shape index (κ2) is 11.4. The Morgan fingerprint density at radius 1 is 1.00 bits per heavy atom. The molecule has 4 rings (SSSR count). The fourth-order valence-electron chi connectivity index (χ4n) is 3.46. The van der Waals surface area contributed by atoms with E-state index >= 15 is 0 Å². The third-order valence-electron chi connectivity index (χ3n) is 5.55. The lowest BCUT2D eigenvalue weighted by Crippen LogP contribution is -2.23. The third kappa shape index (κ3) is 6.13. The molecule has 36 heavy (non-hydrogen) atoms. The van der Waals surface area contributed by atoms with Gasteiger partial charge < -0.3 is 10.6 Å². The van der Waals surface area contributed by atoms with Gasteiger partial charge in [0, 0.05) is 27.6 Å². The van der Waals surface area contributed by atoms with Gasteiger partial charge in [0.2, 0.25) is 5.91 Å². The zero-order valence-electron chi connectivity index (χ0n) is 20.2. The highest BCUT2D eigenvalue weighted by Crippen LogP contribution is 2.27. The van der Waals surface area contributed by atoms with Gasteiger partial charge in [-0.05, 0) is 74.9 Å². The van der Waals surface area contributed by atoms with Crippen molar-refractivity contribution in [1.29, 1.82) is 0 Å². The largest absolute Gasteiger partial charge is 0.378 e. The number of hydrogen-bond acceptors (Lipinski definition) is 6. The molecule has 4 aromatic rings. The van der Waals surface area contributed by atoms with E-state index in [0.29, 0.717) is 33.8 Å². The maximum atomic E-state index is 12.9. The summed E-state index contributed by atoms with van der Waals surface area (Å²) in [5.74, 6) is 0.507. The summed E-state index contributed by atoms with van der Waals surface area (Å²) in [5.41, 5.74) is 4.02. The molecule has 1 unspecified atom stereocenters. The lowest BCUT2D eigenvalue weighted by molar-refractivity contribution is -0.115. The molecule has 2 N–H and O–H groups in total. The summed E-state index contributed by atoms with van der Waals surface area (Å²) in [5, 5.41) is 15.9. The van der Waals surface area contributed by atoms with Gasteiger partial charge in [-0.15, -0.1) is 10.2 Å². The van der Waals surface area contributed by atoms with Gasteiger partial charge in [-0.3, -0.25) is 14.2 Å². The van der Waals surface area contributed by atoms with Crippen molar-refractivity contribution in [2.75, 3.05) is 10.6 Å². The van der Waals surface area contributed by atoms with Crippen LogP contribution in [0.1, 0.15) is 35.6 Å². The molecule has 0 spiro atoms. The van der Waals surface area contributed by atoms with Crippen LogP contribution in [0.3, 0.4) is 0 Å². The first-order valence-electron chi connectivity index (χ1n) is 11.4. The number of nitrogens with zero attached hydrogens (tertiary/aromatic N) is 3. The standard InChI is InChI=1S/C27H26ClN5O2S/c1-17-9-12-22(15-24(17)28)29-16-25-31-32-27(33(25)23-7-5-4-6-8-23)36-19(3)26(35)30-21-13-10-20(11-14-21)18(2)34/h4-15,19,29H,16H2,1-3H3,(H,30,35). The van der Waals surface area contributed by atoms with Crippen LogP contribution in [-0.4, -0.2) is 31.7 Å². The second-order valence-electron chi connectivity index (χ2n) is 8.27. The molecule has 0 fully saturated rings. The highest BCUT2D eigenvalue weighted by molar-refractivity contribution is 8.00. The molecule has 1 aromatic heterocycles. The Morgan fingerprint density at radius 2 is 1.69 bits per heavy atom. The summed E-state index contributed by atoms with van der Waals surface area (Å²) in [4.78, 5) is 24.4. The number of aryl methyl sites for hydroxylation is 1. The first-order chi connectivity index (χ1) is 17.3. The van der Waals surface area contributed by atoms with E-state index in [4.69, 9.17) is 11.6 Å². The number of halogens is 1. The smallest absolute Gasteiger partial charge is 0.237 e. The number of Topliss-reactive ketones (excluding diaryl/α,β-unsaturated/α-hetero) is 1. The van der Waals surface area contributed by atoms with Gasteiger partial charge >= 0.3 is 0 Å². The first-order valence-corrected chi connectivity index (χ1v) is 12.7. The van der Waals surface area contributed by atoms with Crippen molar-refractivity contribution in [3.8, 4) is 5.69 Å². The number of hydrogen-bond donors (Lipinski definition) is 2. The highest BCUT2D eigenvalue weighted by atomic mass is 35.5. The van der Waals surface area contributed by atoms with Gasteiger partial charge in [0.15, 0.2) is 16.8 Å². The molecule has 7 nitrogen and oxygen atoms in total. The fraction of sp³-hybridized carbons (Fsp3) is 0.185. The van der Waals surface area contributed by atoms with Gasteiger partial charge in [0.05, 0.1) is 11.8 Å². The topological polar surface area (TPSA) is 88.9 Å². The van der Waals surface area contributed by atoms with Crippen LogP contribution in [0.5, 0.6) is 0 Å². The average Bonchev–Trinajstić information content (AvgIpc) is 3.27. The minimum Gasteiger partial charge on any atom is -0.378 e. The lowest BCUT2D eigenvalue weighted by atomic mass is 10.1. The second-order valence-corrected chi connectivity index (χ2v) is 9.99. The molecule has 1 amide bonds. The first kappa shape index (κ1) is 25.5. The lowest BCUT2D eigenvalue weighted by Gasteiger charge is -2.14. The molecule has 0 aliphatic rings. The summed E-state index contributed by atoms with van der Waals surface area (Å²) in [6.45, 7) is 5.71. The van der Waals surface area contributed by atoms with Crippen LogP contribution in [0.4, 0.5) is 11.4 Å². The number of carbonyl (C=O) groups excluding carboxylic acids is 2. The van der Waals surface area contributed by atoms with Crippen molar-refractivity contribution >= 4 is 46.4 Å². The van der Waals surface area contributed by atoms with Crippen LogP contribution in [-0.2, 0) is 11.3 Å². The number of anilines is 2. The molecule has 0 radical (unpaired) electrons. The minimum atomic E-state index is -0.444. The number of thioether (sulfide) groups is 1. The molecule has 9 heteroatoms. The quantitative estimate of drug-likeness (QED) is 0.203. The summed E-state index contributed by atoms with van der Waals surface area (Å²) in [6.07, 6.45) is 0. The number of carbonyl (C=O) groups is 2. The molecule has 0 aliphatic heterocycles. The van der Waals surface area contributed by atoms with Crippen LogP contribution >= 0.6 is 23.4 Å². The van der Waals surface area contributed by atoms with Gasteiger partial charge in [-0.25, -0.2) is 0 Å². The predicted molar refractivity (Wildman–Crippen MR) is 145 cm³/mol. The van der Waals surface area contributed by atoms with E-state index in [2.05, 4.69) is 20.8 Å². The van der Waals surface area contributed by atoms with Crippen molar-refractivity contribution in [1.82, 2.24) is 14.8 Å². The Bertz CT molecular complexity index is 1370. The highest BCUT2D eigenvalue weighted by Gasteiger charge is 2.21. The molecule has 3 aromatic carbocycles. The molecular formula is C27H26ClN5O2S. The Balaban J connectivity index is 1.51. The number of rotatable bonds is 9. The number of nitrogens with one attached hydrogen (secondary N) is 2. The van der Waals surface area contributed by atoms with E-state index in [0.717, 1.165) is 16.9 Å². The van der Waals surface area contributed by atoms with Crippen molar-refractivity contribution < 1.29 is 9.59 Å². The van der Waals surface area contributed by atoms with Crippen LogP contribution in [0, 0.1) is 6.92 Å². The Labute approximate surface area is 219 Å². The van der Waals surface area contributed by atoms with E-state index in [1.807, 2.05) is 66.9 Å². The van der Waals surface area contributed by atoms with Gasteiger partial charge in [0.1, 0.15) is 0 Å². The van der Waals surface area contributed by atoms with Crippen LogP contribution < -0.4 is 10.6 Å². The van der Waals surface area contributed by atoms with E-state index in [1.54, 1.807) is 24.3 Å². The minimum absolute atomic E-state index is 0.0205. The number of benzene rings is 3. The van der Waals surface area contributed by atoms with Gasteiger partial charge in [-0.2, -0.15) is 0 Å². The average molecular weight is 520 g/mol. The molecule has 0 aliphatic carbocycles. The zero-order chi connectivity index (χ0) is 25.7. The van der Waals surface area contributed by atoms with Crippen molar-refractivity contribution in [2.45, 2.75) is 37.7 Å². The van der Waals surface area contributed by atoms with E-state index in [9.17, 15) is 9.59 Å². The Hall–Kier alpha value is -3.62. The molecule has 0 bridgehead atoms. The zero-order valence-corrected chi connectivity index (χ0v) is 21.7. The van der Waals surface area contributed by atoms with Crippen LogP contribution in [0.25, 0.3) is 5.69 Å². The van der Waals surface area contributed by atoms with Gasteiger partial charge in [0.25, 0.3) is 0 Å². The van der Waals surface area contributed by atoms with Crippen molar-refractivity contribution in [2.24, 2.45) is 0 Å².